The summed E-state index contributed by atoms with van der Waals surface area (Å²) in [4.78, 5) is 0. The molecule has 0 aliphatic heterocycles. The number of rotatable bonds is 3. The Morgan fingerprint density at radius 3 is 2.64 bits per heavy atom. The summed E-state index contributed by atoms with van der Waals surface area (Å²) in [7, 11) is 0. The predicted octanol–water partition coefficient (Wildman–Crippen LogP) is 2.98. The quantitative estimate of drug-likeness (QED) is 0.643. The fourth-order valence-electron chi connectivity index (χ4n) is 1.15. The Morgan fingerprint density at radius 1 is 1.43 bits per heavy atom. The highest BCUT2D eigenvalue weighted by atomic mass is 79.9. The molecule has 1 aromatic rings. The van der Waals surface area contributed by atoms with Crippen LogP contribution in [0.25, 0.3) is 0 Å². The van der Waals surface area contributed by atoms with Gasteiger partial charge in [0.05, 0.1) is 0 Å². The Bertz CT molecular complexity index is 349. The summed E-state index contributed by atoms with van der Waals surface area (Å²) in [6.45, 7) is 7.50. The van der Waals surface area contributed by atoms with Crippen molar-refractivity contribution in [3.63, 3.8) is 0 Å². The van der Waals surface area contributed by atoms with Gasteiger partial charge < -0.3 is 10.4 Å². The van der Waals surface area contributed by atoms with Gasteiger partial charge in [-0.15, -0.1) is 0 Å². The highest BCUT2D eigenvalue weighted by molar-refractivity contribution is 9.10. The lowest BCUT2D eigenvalue weighted by Crippen LogP contribution is -2.15. The minimum Gasteiger partial charge on any atom is -0.370 e. The van der Waals surface area contributed by atoms with Crippen LogP contribution in [0.2, 0.25) is 0 Å². The second kappa shape index (κ2) is 4.62. The van der Waals surface area contributed by atoms with Crippen LogP contribution in [-0.4, -0.2) is 11.3 Å². The first-order chi connectivity index (χ1) is 6.54. The molecule has 1 atom stereocenters. The standard InChI is InChI=1S/C11H14BrNO/c1-4-11(14)13-10-6-7(2)9(12)5-8(10)3/h4-6,11,13-14H,1H2,2-3H3. The molecule has 0 bridgehead atoms. The van der Waals surface area contributed by atoms with E-state index in [1.807, 2.05) is 26.0 Å². The van der Waals surface area contributed by atoms with Crippen LogP contribution in [0.5, 0.6) is 0 Å². The summed E-state index contributed by atoms with van der Waals surface area (Å²) in [5, 5.41) is 12.3. The largest absolute Gasteiger partial charge is 0.370 e. The molecule has 1 aromatic carbocycles. The fourth-order valence-corrected chi connectivity index (χ4v) is 1.61. The molecule has 1 unspecified atom stereocenters. The van der Waals surface area contributed by atoms with E-state index in [1.165, 1.54) is 6.08 Å². The Labute approximate surface area is 92.8 Å². The van der Waals surface area contributed by atoms with Crippen molar-refractivity contribution in [3.8, 4) is 0 Å². The molecule has 0 saturated heterocycles. The van der Waals surface area contributed by atoms with Gasteiger partial charge in [0.25, 0.3) is 0 Å². The maximum atomic E-state index is 9.36. The Morgan fingerprint density at radius 2 is 2.07 bits per heavy atom. The van der Waals surface area contributed by atoms with Gasteiger partial charge in [-0.2, -0.15) is 0 Å². The molecule has 0 fully saturated rings. The van der Waals surface area contributed by atoms with E-state index < -0.39 is 6.23 Å². The first-order valence-corrected chi connectivity index (χ1v) is 5.18. The van der Waals surface area contributed by atoms with Gasteiger partial charge in [0.2, 0.25) is 0 Å². The van der Waals surface area contributed by atoms with Crippen molar-refractivity contribution in [2.24, 2.45) is 0 Å². The Kier molecular flexibility index (Phi) is 3.72. The van der Waals surface area contributed by atoms with Crippen molar-refractivity contribution in [3.05, 3.63) is 40.4 Å². The molecule has 0 heterocycles. The topological polar surface area (TPSA) is 32.3 Å². The summed E-state index contributed by atoms with van der Waals surface area (Å²) in [5.74, 6) is 0. The highest BCUT2D eigenvalue weighted by Crippen LogP contribution is 2.24. The van der Waals surface area contributed by atoms with Gasteiger partial charge in [0.1, 0.15) is 6.23 Å². The fraction of sp³-hybridized carbons (Fsp3) is 0.273. The van der Waals surface area contributed by atoms with Gasteiger partial charge in [-0.25, -0.2) is 0 Å². The molecule has 76 valence electrons. The molecule has 14 heavy (non-hydrogen) atoms. The summed E-state index contributed by atoms with van der Waals surface area (Å²) in [6, 6.07) is 4.01. The maximum Gasteiger partial charge on any atom is 0.143 e. The summed E-state index contributed by atoms with van der Waals surface area (Å²) in [6.07, 6.45) is 0.755. The molecule has 0 spiro atoms. The van der Waals surface area contributed by atoms with Crippen molar-refractivity contribution < 1.29 is 5.11 Å². The minimum atomic E-state index is -0.700. The third-order valence-electron chi connectivity index (χ3n) is 2.03. The smallest absolute Gasteiger partial charge is 0.143 e. The van der Waals surface area contributed by atoms with Gasteiger partial charge >= 0.3 is 0 Å². The van der Waals surface area contributed by atoms with Crippen LogP contribution < -0.4 is 5.32 Å². The van der Waals surface area contributed by atoms with Gasteiger partial charge in [0, 0.05) is 10.2 Å². The maximum absolute atomic E-state index is 9.36. The van der Waals surface area contributed by atoms with Crippen LogP contribution in [0.4, 0.5) is 5.69 Å². The lowest BCUT2D eigenvalue weighted by Gasteiger charge is -2.14. The lowest BCUT2D eigenvalue weighted by molar-refractivity contribution is 0.252. The summed E-state index contributed by atoms with van der Waals surface area (Å²) >= 11 is 3.45. The number of benzene rings is 1. The number of nitrogens with one attached hydrogen (secondary N) is 1. The number of aliphatic hydroxyl groups excluding tert-OH is 1. The molecule has 2 nitrogen and oxygen atoms in total. The summed E-state index contributed by atoms with van der Waals surface area (Å²) in [5.41, 5.74) is 3.15. The molecule has 2 N–H and O–H groups in total. The van der Waals surface area contributed by atoms with Gasteiger partial charge in [0.15, 0.2) is 0 Å². The molecule has 0 saturated carbocycles. The van der Waals surface area contributed by atoms with E-state index in [2.05, 4.69) is 27.8 Å². The van der Waals surface area contributed by atoms with Crippen LogP contribution in [0, 0.1) is 13.8 Å². The van der Waals surface area contributed by atoms with Gasteiger partial charge in [-0.1, -0.05) is 22.5 Å². The van der Waals surface area contributed by atoms with Crippen LogP contribution >= 0.6 is 15.9 Å². The third kappa shape index (κ3) is 2.59. The molecular formula is C11H14BrNO. The van der Waals surface area contributed by atoms with E-state index in [-0.39, 0.29) is 0 Å². The first-order valence-electron chi connectivity index (χ1n) is 4.38. The second-order valence-corrected chi connectivity index (χ2v) is 4.10. The number of aliphatic hydroxyl groups is 1. The van der Waals surface area contributed by atoms with Crippen LogP contribution in [0.3, 0.4) is 0 Å². The molecule has 0 aliphatic carbocycles. The second-order valence-electron chi connectivity index (χ2n) is 3.24. The highest BCUT2D eigenvalue weighted by Gasteiger charge is 2.04. The lowest BCUT2D eigenvalue weighted by atomic mass is 10.1. The number of hydrogen-bond donors (Lipinski definition) is 2. The van der Waals surface area contributed by atoms with Gasteiger partial charge in [-0.3, -0.25) is 0 Å². The SMILES string of the molecule is C=CC(O)Nc1cc(C)c(Br)cc1C. The zero-order chi connectivity index (χ0) is 10.7. The van der Waals surface area contributed by atoms with E-state index in [4.69, 9.17) is 0 Å². The van der Waals surface area contributed by atoms with Crippen molar-refractivity contribution >= 4 is 21.6 Å². The molecule has 0 aliphatic rings. The van der Waals surface area contributed by atoms with E-state index in [0.29, 0.717) is 0 Å². The zero-order valence-corrected chi connectivity index (χ0v) is 9.93. The average Bonchev–Trinajstić information content (AvgIpc) is 2.14. The van der Waals surface area contributed by atoms with E-state index >= 15 is 0 Å². The monoisotopic (exact) mass is 255 g/mol. The molecule has 0 radical (unpaired) electrons. The van der Waals surface area contributed by atoms with Crippen LogP contribution in [0.15, 0.2) is 29.3 Å². The Balaban J connectivity index is 2.97. The van der Waals surface area contributed by atoms with E-state index in [0.717, 1.165) is 21.3 Å². The molecule has 0 aromatic heterocycles. The Hall–Kier alpha value is -0.800. The number of halogens is 1. The van der Waals surface area contributed by atoms with Crippen molar-refractivity contribution in [2.45, 2.75) is 20.1 Å². The molecular weight excluding hydrogens is 242 g/mol. The number of anilines is 1. The van der Waals surface area contributed by atoms with Crippen LogP contribution in [0.1, 0.15) is 11.1 Å². The van der Waals surface area contributed by atoms with E-state index in [1.54, 1.807) is 0 Å². The van der Waals surface area contributed by atoms with Crippen molar-refractivity contribution in [1.82, 2.24) is 0 Å². The number of aryl methyl sites for hydroxylation is 2. The zero-order valence-electron chi connectivity index (χ0n) is 8.34. The molecule has 0 amide bonds. The average molecular weight is 256 g/mol. The van der Waals surface area contributed by atoms with Crippen molar-refractivity contribution in [2.75, 3.05) is 5.32 Å². The third-order valence-corrected chi connectivity index (χ3v) is 2.89. The summed E-state index contributed by atoms with van der Waals surface area (Å²) < 4.78 is 1.08. The van der Waals surface area contributed by atoms with Gasteiger partial charge in [-0.05, 0) is 43.2 Å². The normalized spacial score (nSPS) is 12.3. The van der Waals surface area contributed by atoms with E-state index in [9.17, 15) is 5.11 Å². The minimum absolute atomic E-state index is 0.700. The predicted molar refractivity (Wildman–Crippen MR) is 63.4 cm³/mol. The molecule has 1 rings (SSSR count). The van der Waals surface area contributed by atoms with Crippen molar-refractivity contribution in [1.29, 1.82) is 0 Å². The number of hydrogen-bond acceptors (Lipinski definition) is 2. The molecule has 3 heteroatoms. The van der Waals surface area contributed by atoms with Crippen LogP contribution in [-0.2, 0) is 0 Å². The first kappa shape index (κ1) is 11.3.